The first-order valence-corrected chi connectivity index (χ1v) is 10.2. The van der Waals surface area contributed by atoms with Crippen molar-refractivity contribution in [2.45, 2.75) is 43.2 Å². The summed E-state index contributed by atoms with van der Waals surface area (Å²) in [4.78, 5) is 17.8. The van der Waals surface area contributed by atoms with Crippen molar-refractivity contribution < 1.29 is 14.2 Å². The highest BCUT2D eigenvalue weighted by Gasteiger charge is 2.22. The van der Waals surface area contributed by atoms with Gasteiger partial charge in [-0.2, -0.15) is 0 Å². The van der Waals surface area contributed by atoms with Crippen molar-refractivity contribution in [2.75, 3.05) is 25.8 Å². The summed E-state index contributed by atoms with van der Waals surface area (Å²) in [5, 5.41) is 1.85. The van der Waals surface area contributed by atoms with Crippen molar-refractivity contribution in [1.82, 2.24) is 9.55 Å². The third kappa shape index (κ3) is 4.07. The minimum absolute atomic E-state index is 0.0439. The Hall–Kier alpha value is -1.12. The van der Waals surface area contributed by atoms with Crippen molar-refractivity contribution in [2.24, 2.45) is 0 Å². The zero-order valence-electron chi connectivity index (χ0n) is 14.4. The third-order valence-corrected chi connectivity index (χ3v) is 6.01. The van der Waals surface area contributed by atoms with Gasteiger partial charge in [0.15, 0.2) is 5.16 Å². The number of aromatic nitrogens is 2. The van der Waals surface area contributed by atoms with Crippen molar-refractivity contribution in [3.8, 4) is 0 Å². The third-order valence-electron chi connectivity index (χ3n) is 4.66. The van der Waals surface area contributed by atoms with Crippen LogP contribution in [0.2, 0.25) is 5.02 Å². The number of fused-ring (bicyclic) bond motifs is 1. The van der Waals surface area contributed by atoms with Gasteiger partial charge in [0.1, 0.15) is 6.79 Å². The lowest BCUT2D eigenvalue weighted by atomic mass is 10.2. The summed E-state index contributed by atoms with van der Waals surface area (Å²) in [6.45, 7) is 2.32. The predicted octanol–water partition coefficient (Wildman–Crippen LogP) is 3.08. The first-order valence-electron chi connectivity index (χ1n) is 8.84. The van der Waals surface area contributed by atoms with Gasteiger partial charge < -0.3 is 14.2 Å². The summed E-state index contributed by atoms with van der Waals surface area (Å²) in [5.74, 6) is 0.730. The monoisotopic (exact) mass is 396 g/mol. The molecular weight excluding hydrogens is 376 g/mol. The van der Waals surface area contributed by atoms with E-state index in [4.69, 9.17) is 30.8 Å². The highest BCUT2D eigenvalue weighted by molar-refractivity contribution is 7.99. The van der Waals surface area contributed by atoms with Gasteiger partial charge in [0.05, 0.1) is 36.3 Å². The van der Waals surface area contributed by atoms with Gasteiger partial charge in [0.25, 0.3) is 5.56 Å². The molecule has 0 N–H and O–H groups in total. The van der Waals surface area contributed by atoms with Gasteiger partial charge in [-0.25, -0.2) is 4.98 Å². The fraction of sp³-hybridized carbons (Fsp3) is 0.556. The second kappa shape index (κ2) is 8.27. The molecule has 8 heteroatoms. The molecule has 2 aliphatic heterocycles. The summed E-state index contributed by atoms with van der Waals surface area (Å²) >= 11 is 7.63. The zero-order chi connectivity index (χ0) is 17.9. The molecular formula is C18H21ClN2O4S. The van der Waals surface area contributed by atoms with Crippen LogP contribution >= 0.6 is 23.4 Å². The van der Waals surface area contributed by atoms with E-state index in [-0.39, 0.29) is 17.8 Å². The lowest BCUT2D eigenvalue weighted by Gasteiger charge is -2.23. The van der Waals surface area contributed by atoms with Gasteiger partial charge in [0.2, 0.25) is 0 Å². The first kappa shape index (κ1) is 18.3. The van der Waals surface area contributed by atoms with Crippen molar-refractivity contribution in [3.05, 3.63) is 33.6 Å². The maximum atomic E-state index is 13.1. The number of halogens is 1. The van der Waals surface area contributed by atoms with Gasteiger partial charge in [0, 0.05) is 17.4 Å². The summed E-state index contributed by atoms with van der Waals surface area (Å²) in [6.07, 6.45) is 3.03. The molecule has 0 spiro atoms. The van der Waals surface area contributed by atoms with Gasteiger partial charge >= 0.3 is 0 Å². The van der Waals surface area contributed by atoms with Gasteiger partial charge in [-0.1, -0.05) is 23.4 Å². The quantitative estimate of drug-likeness (QED) is 0.571. The van der Waals surface area contributed by atoms with E-state index in [0.717, 1.165) is 31.6 Å². The van der Waals surface area contributed by atoms with Gasteiger partial charge in [-0.15, -0.1) is 0 Å². The highest BCUT2D eigenvalue weighted by Crippen LogP contribution is 2.24. The second-order valence-corrected chi connectivity index (χ2v) is 7.94. The number of benzene rings is 1. The van der Waals surface area contributed by atoms with Gasteiger partial charge in [-0.3, -0.25) is 9.36 Å². The van der Waals surface area contributed by atoms with E-state index in [9.17, 15) is 4.79 Å². The van der Waals surface area contributed by atoms with Crippen LogP contribution in [0.5, 0.6) is 0 Å². The largest absolute Gasteiger partial charge is 0.376 e. The number of hydrogen-bond donors (Lipinski definition) is 0. The fourth-order valence-electron chi connectivity index (χ4n) is 3.24. The normalized spacial score (nSPS) is 23.6. The van der Waals surface area contributed by atoms with E-state index in [1.807, 2.05) is 0 Å². The number of nitrogens with zero attached hydrogens (tertiary/aromatic N) is 2. The van der Waals surface area contributed by atoms with E-state index in [1.165, 1.54) is 0 Å². The molecule has 4 rings (SSSR count). The van der Waals surface area contributed by atoms with Crippen LogP contribution in [0.3, 0.4) is 0 Å². The first-order chi connectivity index (χ1) is 12.7. The average molecular weight is 397 g/mol. The van der Waals surface area contributed by atoms with Crippen LogP contribution in [0.1, 0.15) is 19.3 Å². The minimum atomic E-state index is -0.0439. The van der Waals surface area contributed by atoms with E-state index >= 15 is 0 Å². The molecule has 26 heavy (non-hydrogen) atoms. The fourth-order valence-corrected chi connectivity index (χ4v) is 4.48. The van der Waals surface area contributed by atoms with Crippen LogP contribution in [-0.2, 0) is 20.8 Å². The molecule has 6 nitrogen and oxygen atoms in total. The molecule has 3 heterocycles. The van der Waals surface area contributed by atoms with E-state index < -0.39 is 0 Å². The zero-order valence-corrected chi connectivity index (χ0v) is 15.9. The predicted molar refractivity (Wildman–Crippen MR) is 101 cm³/mol. The molecule has 1 aromatic heterocycles. The molecule has 0 saturated carbocycles. The van der Waals surface area contributed by atoms with Crippen LogP contribution in [-0.4, -0.2) is 47.5 Å². The van der Waals surface area contributed by atoms with E-state index in [1.54, 1.807) is 34.5 Å². The summed E-state index contributed by atoms with van der Waals surface area (Å²) in [5.41, 5.74) is 0.582. The van der Waals surface area contributed by atoms with E-state index in [2.05, 4.69) is 0 Å². The van der Waals surface area contributed by atoms with Crippen LogP contribution in [0, 0.1) is 0 Å². The van der Waals surface area contributed by atoms with Crippen LogP contribution in [0.25, 0.3) is 10.9 Å². The Balaban J connectivity index is 1.65. The molecule has 2 saturated heterocycles. The topological polar surface area (TPSA) is 62.6 Å². The lowest BCUT2D eigenvalue weighted by Crippen LogP contribution is -2.30. The van der Waals surface area contributed by atoms with Crippen LogP contribution < -0.4 is 5.56 Å². The van der Waals surface area contributed by atoms with Crippen molar-refractivity contribution >= 4 is 34.3 Å². The van der Waals surface area contributed by atoms with Crippen LogP contribution in [0.15, 0.2) is 28.2 Å². The van der Waals surface area contributed by atoms with Crippen LogP contribution in [0.4, 0.5) is 0 Å². The molecule has 140 valence electrons. The molecule has 0 radical (unpaired) electrons. The molecule has 2 atom stereocenters. The van der Waals surface area contributed by atoms with E-state index in [0.29, 0.717) is 41.0 Å². The Kier molecular flexibility index (Phi) is 5.81. The number of hydrogen-bond acceptors (Lipinski definition) is 6. The molecule has 2 fully saturated rings. The SMILES string of the molecule is O=c1c2ccc(Cl)cc2nc(SC[C@@H]2CCOCO2)n1C[C@@H]1CCCO1. The standard InChI is InChI=1S/C18H21ClN2O4S/c19-12-3-4-15-16(8-12)20-18(26-10-14-5-7-23-11-25-14)21(17(15)22)9-13-2-1-6-24-13/h3-4,8,13-14H,1-2,5-7,9-11H2/t13-,14-/m0/s1. The van der Waals surface area contributed by atoms with Gasteiger partial charge in [-0.05, 0) is 37.5 Å². The second-order valence-electron chi connectivity index (χ2n) is 6.52. The lowest BCUT2D eigenvalue weighted by molar-refractivity contribution is -0.130. The Labute approximate surface area is 160 Å². The molecule has 0 bridgehead atoms. The summed E-state index contributed by atoms with van der Waals surface area (Å²) in [6, 6.07) is 5.21. The highest BCUT2D eigenvalue weighted by atomic mass is 35.5. The molecule has 2 aromatic rings. The Morgan fingerprint density at radius 1 is 1.23 bits per heavy atom. The average Bonchev–Trinajstić information content (AvgIpc) is 3.16. The number of rotatable bonds is 5. The molecule has 1 aromatic carbocycles. The molecule has 0 amide bonds. The smallest absolute Gasteiger partial charge is 0.262 e. The molecule has 0 unspecified atom stereocenters. The minimum Gasteiger partial charge on any atom is -0.376 e. The van der Waals surface area contributed by atoms with Crippen molar-refractivity contribution in [1.29, 1.82) is 0 Å². The maximum Gasteiger partial charge on any atom is 0.262 e. The number of ether oxygens (including phenoxy) is 3. The summed E-state index contributed by atoms with van der Waals surface area (Å²) < 4.78 is 18.3. The Bertz CT molecular complexity index is 832. The molecule has 2 aliphatic rings. The summed E-state index contributed by atoms with van der Waals surface area (Å²) in [7, 11) is 0. The Morgan fingerprint density at radius 2 is 2.15 bits per heavy atom. The van der Waals surface area contributed by atoms with Crippen molar-refractivity contribution in [3.63, 3.8) is 0 Å². The maximum absolute atomic E-state index is 13.1. The number of thioether (sulfide) groups is 1. The Morgan fingerprint density at radius 3 is 2.92 bits per heavy atom. The molecule has 0 aliphatic carbocycles.